The Morgan fingerprint density at radius 2 is 1.71 bits per heavy atom. The molecule has 1 aromatic rings. The molecule has 0 N–H and O–H groups in total. The third-order valence-corrected chi connectivity index (χ3v) is 2.29. The summed E-state index contributed by atoms with van der Waals surface area (Å²) >= 11 is 0. The molecule has 78 valence electrons. The Kier molecular flexibility index (Phi) is 2.93. The van der Waals surface area contributed by atoms with Gasteiger partial charge in [-0.05, 0) is 23.5 Å². The van der Waals surface area contributed by atoms with Crippen LogP contribution in [0.25, 0.3) is 0 Å². The monoisotopic (exact) mass is 198 g/mol. The van der Waals surface area contributed by atoms with Crippen molar-refractivity contribution in [2.75, 3.05) is 0 Å². The fraction of sp³-hybridized carbons (Fsp3) is 0.500. The molecular formula is C12H16F2. The minimum Gasteiger partial charge on any atom is -0.205 e. The molecule has 1 aromatic carbocycles. The Bertz CT molecular complexity index is 322. The Morgan fingerprint density at radius 3 is 2.07 bits per heavy atom. The van der Waals surface area contributed by atoms with E-state index in [9.17, 15) is 8.78 Å². The van der Waals surface area contributed by atoms with Crippen LogP contribution in [0, 0.1) is 6.92 Å². The van der Waals surface area contributed by atoms with E-state index in [0.29, 0.717) is 0 Å². The van der Waals surface area contributed by atoms with E-state index < -0.39 is 6.43 Å². The molecular weight excluding hydrogens is 182 g/mol. The maximum atomic E-state index is 12.7. The summed E-state index contributed by atoms with van der Waals surface area (Å²) in [5.74, 6) is 0. The van der Waals surface area contributed by atoms with Crippen molar-refractivity contribution in [3.8, 4) is 0 Å². The highest BCUT2D eigenvalue weighted by Crippen LogP contribution is 2.34. The molecule has 0 saturated carbocycles. The standard InChI is InChI=1S/C12H16F2/c1-8-6-5-7-9(11(13)14)10(8)12(2,3)4/h5-7,11H,1-4H3. The van der Waals surface area contributed by atoms with Crippen LogP contribution < -0.4 is 0 Å². The largest absolute Gasteiger partial charge is 0.264 e. The average molecular weight is 198 g/mol. The molecule has 0 radical (unpaired) electrons. The summed E-state index contributed by atoms with van der Waals surface area (Å²) in [5.41, 5.74) is 1.65. The first-order valence-electron chi connectivity index (χ1n) is 4.72. The predicted molar refractivity (Wildman–Crippen MR) is 54.8 cm³/mol. The van der Waals surface area contributed by atoms with Crippen LogP contribution in [0.15, 0.2) is 18.2 Å². The van der Waals surface area contributed by atoms with E-state index in [1.807, 2.05) is 33.8 Å². The van der Waals surface area contributed by atoms with E-state index in [-0.39, 0.29) is 11.0 Å². The number of benzene rings is 1. The summed E-state index contributed by atoms with van der Waals surface area (Å²) in [6.45, 7) is 7.76. The van der Waals surface area contributed by atoms with E-state index in [2.05, 4.69) is 0 Å². The van der Waals surface area contributed by atoms with Gasteiger partial charge in [-0.1, -0.05) is 39.0 Å². The summed E-state index contributed by atoms with van der Waals surface area (Å²) in [6, 6.07) is 5.08. The van der Waals surface area contributed by atoms with Crippen molar-refractivity contribution in [3.63, 3.8) is 0 Å². The minimum absolute atomic E-state index is 0.164. The van der Waals surface area contributed by atoms with Crippen molar-refractivity contribution in [3.05, 3.63) is 34.9 Å². The van der Waals surface area contributed by atoms with Gasteiger partial charge in [-0.15, -0.1) is 0 Å². The molecule has 0 aliphatic heterocycles. The van der Waals surface area contributed by atoms with Gasteiger partial charge in [0.05, 0.1) is 0 Å². The molecule has 1 rings (SSSR count). The van der Waals surface area contributed by atoms with Crippen molar-refractivity contribution < 1.29 is 8.78 Å². The van der Waals surface area contributed by atoms with E-state index in [4.69, 9.17) is 0 Å². The number of alkyl halides is 2. The first kappa shape index (κ1) is 11.2. The van der Waals surface area contributed by atoms with Gasteiger partial charge >= 0.3 is 0 Å². The zero-order chi connectivity index (χ0) is 10.9. The first-order chi connectivity index (χ1) is 6.34. The molecule has 0 spiro atoms. The lowest BCUT2D eigenvalue weighted by Gasteiger charge is -2.25. The van der Waals surface area contributed by atoms with Gasteiger partial charge in [0.2, 0.25) is 0 Å². The molecule has 0 aromatic heterocycles. The normalized spacial score (nSPS) is 12.2. The van der Waals surface area contributed by atoms with Crippen LogP contribution in [0.5, 0.6) is 0 Å². The Morgan fingerprint density at radius 1 is 1.14 bits per heavy atom. The van der Waals surface area contributed by atoms with Gasteiger partial charge in [-0.25, -0.2) is 8.78 Å². The SMILES string of the molecule is Cc1cccc(C(F)F)c1C(C)(C)C. The molecule has 0 bridgehead atoms. The first-order valence-corrected chi connectivity index (χ1v) is 4.72. The minimum atomic E-state index is -2.39. The smallest absolute Gasteiger partial charge is 0.205 e. The van der Waals surface area contributed by atoms with E-state index in [1.165, 1.54) is 6.07 Å². The van der Waals surface area contributed by atoms with Crippen molar-refractivity contribution in [2.24, 2.45) is 0 Å². The predicted octanol–water partition coefficient (Wildman–Crippen LogP) is 4.23. The Labute approximate surface area is 84.0 Å². The van der Waals surface area contributed by atoms with Crippen molar-refractivity contribution in [1.82, 2.24) is 0 Å². The lowest BCUT2D eigenvalue weighted by Crippen LogP contribution is -2.16. The van der Waals surface area contributed by atoms with Crippen LogP contribution in [0.3, 0.4) is 0 Å². The summed E-state index contributed by atoms with van der Waals surface area (Å²) < 4.78 is 25.5. The van der Waals surface area contributed by atoms with E-state index in [1.54, 1.807) is 6.07 Å². The number of hydrogen-bond acceptors (Lipinski definition) is 0. The number of hydrogen-bond donors (Lipinski definition) is 0. The second-order valence-corrected chi connectivity index (χ2v) is 4.59. The lowest BCUT2D eigenvalue weighted by atomic mass is 9.81. The van der Waals surface area contributed by atoms with E-state index >= 15 is 0 Å². The number of halogens is 2. The fourth-order valence-corrected chi connectivity index (χ4v) is 1.90. The highest BCUT2D eigenvalue weighted by Gasteiger charge is 2.23. The molecule has 2 heteroatoms. The quantitative estimate of drug-likeness (QED) is 0.633. The van der Waals surface area contributed by atoms with Gasteiger partial charge in [0.1, 0.15) is 0 Å². The van der Waals surface area contributed by atoms with Gasteiger partial charge in [-0.2, -0.15) is 0 Å². The highest BCUT2D eigenvalue weighted by molar-refractivity contribution is 5.40. The van der Waals surface area contributed by atoms with Crippen LogP contribution in [-0.2, 0) is 5.41 Å². The van der Waals surface area contributed by atoms with Crippen LogP contribution >= 0.6 is 0 Å². The van der Waals surface area contributed by atoms with Gasteiger partial charge in [0.15, 0.2) is 0 Å². The Hall–Kier alpha value is -0.920. The molecule has 0 aliphatic rings. The van der Waals surface area contributed by atoms with Gasteiger partial charge in [-0.3, -0.25) is 0 Å². The third kappa shape index (κ3) is 2.11. The topological polar surface area (TPSA) is 0 Å². The summed E-state index contributed by atoms with van der Waals surface area (Å²) in [5, 5.41) is 0. The summed E-state index contributed by atoms with van der Waals surface area (Å²) in [7, 11) is 0. The van der Waals surface area contributed by atoms with Crippen LogP contribution in [0.4, 0.5) is 8.78 Å². The molecule has 0 atom stereocenters. The molecule has 0 amide bonds. The molecule has 0 unspecified atom stereocenters. The summed E-state index contributed by atoms with van der Waals surface area (Å²) in [4.78, 5) is 0. The molecule has 14 heavy (non-hydrogen) atoms. The van der Waals surface area contributed by atoms with Gasteiger partial charge < -0.3 is 0 Å². The maximum absolute atomic E-state index is 12.7. The summed E-state index contributed by atoms with van der Waals surface area (Å²) in [6.07, 6.45) is -2.39. The highest BCUT2D eigenvalue weighted by atomic mass is 19.3. The average Bonchev–Trinajstić information content (AvgIpc) is 2.01. The maximum Gasteiger partial charge on any atom is 0.264 e. The third-order valence-electron chi connectivity index (χ3n) is 2.29. The van der Waals surface area contributed by atoms with Gasteiger partial charge in [0.25, 0.3) is 6.43 Å². The Balaban J connectivity index is 3.38. The van der Waals surface area contributed by atoms with Crippen LogP contribution in [0.1, 0.15) is 43.9 Å². The molecule has 0 saturated heterocycles. The van der Waals surface area contributed by atoms with Crippen molar-refractivity contribution in [1.29, 1.82) is 0 Å². The molecule has 0 nitrogen and oxygen atoms in total. The van der Waals surface area contributed by atoms with Crippen molar-refractivity contribution in [2.45, 2.75) is 39.5 Å². The second kappa shape index (κ2) is 3.68. The lowest BCUT2D eigenvalue weighted by molar-refractivity contribution is 0.148. The van der Waals surface area contributed by atoms with Crippen molar-refractivity contribution >= 4 is 0 Å². The van der Waals surface area contributed by atoms with Crippen LogP contribution in [0.2, 0.25) is 0 Å². The fourth-order valence-electron chi connectivity index (χ4n) is 1.90. The van der Waals surface area contributed by atoms with E-state index in [0.717, 1.165) is 11.1 Å². The zero-order valence-electron chi connectivity index (χ0n) is 9.07. The molecule has 0 heterocycles. The zero-order valence-corrected chi connectivity index (χ0v) is 9.07. The number of rotatable bonds is 1. The van der Waals surface area contributed by atoms with Gasteiger partial charge in [0, 0.05) is 5.56 Å². The van der Waals surface area contributed by atoms with Crippen LogP contribution in [-0.4, -0.2) is 0 Å². The molecule has 0 aliphatic carbocycles. The number of aryl methyl sites for hydroxylation is 1. The molecule has 0 fully saturated rings. The second-order valence-electron chi connectivity index (χ2n) is 4.59.